The summed E-state index contributed by atoms with van der Waals surface area (Å²) in [6.45, 7) is 3.61. The molecule has 0 spiro atoms. The van der Waals surface area contributed by atoms with Crippen LogP contribution in [0, 0.1) is 13.8 Å². The Bertz CT molecular complexity index is 566. The van der Waals surface area contributed by atoms with Crippen LogP contribution in [0.15, 0.2) is 22.9 Å². The maximum absolute atomic E-state index is 11.8. The minimum atomic E-state index is -0.383. The number of rotatable bonds is 2. The van der Waals surface area contributed by atoms with Gasteiger partial charge in [-0.2, -0.15) is 0 Å². The quantitative estimate of drug-likeness (QED) is 0.891. The highest BCUT2D eigenvalue weighted by molar-refractivity contribution is 6.30. The molecule has 2 aromatic rings. The molecule has 1 amide bonds. The van der Waals surface area contributed by atoms with Crippen molar-refractivity contribution in [2.24, 2.45) is 0 Å². The summed E-state index contributed by atoms with van der Waals surface area (Å²) < 4.78 is 4.97. The minimum absolute atomic E-state index is 0.228. The SMILES string of the molecule is Cc1noc(NC(=O)c2cc(Cl)ccn2)c1C. The largest absolute Gasteiger partial charge is 0.338 e. The van der Waals surface area contributed by atoms with E-state index in [1.165, 1.54) is 12.3 Å². The zero-order valence-electron chi connectivity index (χ0n) is 9.32. The molecule has 0 aliphatic carbocycles. The van der Waals surface area contributed by atoms with Gasteiger partial charge in [0.15, 0.2) is 0 Å². The molecular weight excluding hydrogens is 242 g/mol. The molecule has 2 rings (SSSR count). The highest BCUT2D eigenvalue weighted by Crippen LogP contribution is 2.18. The van der Waals surface area contributed by atoms with Crippen molar-refractivity contribution >= 4 is 23.4 Å². The van der Waals surface area contributed by atoms with Crippen LogP contribution >= 0.6 is 11.6 Å². The van der Waals surface area contributed by atoms with Crippen molar-refractivity contribution in [1.82, 2.24) is 10.1 Å². The van der Waals surface area contributed by atoms with Crippen molar-refractivity contribution in [2.75, 3.05) is 5.32 Å². The third kappa shape index (κ3) is 2.45. The van der Waals surface area contributed by atoms with Gasteiger partial charge in [-0.05, 0) is 26.0 Å². The van der Waals surface area contributed by atoms with Crippen LogP contribution in [-0.2, 0) is 0 Å². The topological polar surface area (TPSA) is 68.0 Å². The van der Waals surface area contributed by atoms with Crippen molar-refractivity contribution < 1.29 is 9.32 Å². The summed E-state index contributed by atoms with van der Waals surface area (Å²) in [4.78, 5) is 15.7. The van der Waals surface area contributed by atoms with Crippen molar-refractivity contribution in [3.63, 3.8) is 0 Å². The number of carbonyl (C=O) groups excluding carboxylic acids is 1. The lowest BCUT2D eigenvalue weighted by atomic mass is 10.3. The second-order valence-electron chi connectivity index (χ2n) is 3.54. The highest BCUT2D eigenvalue weighted by Gasteiger charge is 2.14. The minimum Gasteiger partial charge on any atom is -0.338 e. The molecule has 0 radical (unpaired) electrons. The summed E-state index contributed by atoms with van der Waals surface area (Å²) in [7, 11) is 0. The Morgan fingerprint density at radius 1 is 1.47 bits per heavy atom. The van der Waals surface area contributed by atoms with Gasteiger partial charge in [0.2, 0.25) is 5.88 Å². The monoisotopic (exact) mass is 251 g/mol. The van der Waals surface area contributed by atoms with Gasteiger partial charge in [0.25, 0.3) is 5.91 Å². The van der Waals surface area contributed by atoms with Gasteiger partial charge in [-0.25, -0.2) is 0 Å². The Balaban J connectivity index is 2.20. The van der Waals surface area contributed by atoms with Crippen molar-refractivity contribution in [3.05, 3.63) is 40.3 Å². The standard InChI is InChI=1S/C11H10ClN3O2/c1-6-7(2)15-17-11(6)14-10(16)9-5-8(12)3-4-13-9/h3-5H,1-2H3,(H,14,16). The number of nitrogens with one attached hydrogen (secondary N) is 1. The molecule has 0 saturated heterocycles. The van der Waals surface area contributed by atoms with E-state index < -0.39 is 0 Å². The first-order valence-corrected chi connectivity index (χ1v) is 5.31. The number of aryl methyl sites for hydroxylation is 1. The summed E-state index contributed by atoms with van der Waals surface area (Å²) in [5.74, 6) is -0.0546. The first kappa shape index (κ1) is 11.6. The van der Waals surface area contributed by atoms with Crippen LogP contribution in [0.3, 0.4) is 0 Å². The van der Waals surface area contributed by atoms with E-state index in [0.29, 0.717) is 10.9 Å². The van der Waals surface area contributed by atoms with Crippen molar-refractivity contribution in [2.45, 2.75) is 13.8 Å². The molecule has 0 aliphatic rings. The number of amides is 1. The molecule has 5 nitrogen and oxygen atoms in total. The number of aromatic nitrogens is 2. The third-order valence-corrected chi connectivity index (χ3v) is 2.57. The van der Waals surface area contributed by atoms with Crippen LogP contribution < -0.4 is 5.32 Å². The summed E-state index contributed by atoms with van der Waals surface area (Å²) >= 11 is 5.77. The van der Waals surface area contributed by atoms with E-state index in [1.54, 1.807) is 13.0 Å². The second-order valence-corrected chi connectivity index (χ2v) is 3.97. The fourth-order valence-corrected chi connectivity index (χ4v) is 1.39. The molecule has 88 valence electrons. The van der Waals surface area contributed by atoms with Gasteiger partial charge >= 0.3 is 0 Å². The second kappa shape index (κ2) is 4.55. The first-order chi connectivity index (χ1) is 8.08. The third-order valence-electron chi connectivity index (χ3n) is 2.34. The molecule has 0 aliphatic heterocycles. The predicted octanol–water partition coefficient (Wildman–Crippen LogP) is 2.59. The Morgan fingerprint density at radius 2 is 2.24 bits per heavy atom. The molecule has 2 heterocycles. The number of pyridine rings is 1. The molecule has 0 fully saturated rings. The molecule has 0 atom stereocenters. The average Bonchev–Trinajstić information content (AvgIpc) is 2.61. The van der Waals surface area contributed by atoms with Crippen molar-refractivity contribution in [1.29, 1.82) is 0 Å². The van der Waals surface area contributed by atoms with E-state index in [4.69, 9.17) is 16.1 Å². The number of carbonyl (C=O) groups is 1. The smallest absolute Gasteiger partial charge is 0.276 e. The van der Waals surface area contributed by atoms with E-state index in [2.05, 4.69) is 15.5 Å². The maximum atomic E-state index is 11.8. The van der Waals surface area contributed by atoms with Gasteiger partial charge in [0, 0.05) is 16.8 Å². The van der Waals surface area contributed by atoms with Gasteiger partial charge in [-0.1, -0.05) is 16.8 Å². The molecule has 0 bridgehead atoms. The molecule has 0 aromatic carbocycles. The van der Waals surface area contributed by atoms with Gasteiger partial charge in [-0.15, -0.1) is 0 Å². The number of halogens is 1. The molecule has 1 N–H and O–H groups in total. The summed E-state index contributed by atoms with van der Waals surface area (Å²) in [6.07, 6.45) is 1.47. The Kier molecular flexibility index (Phi) is 3.10. The van der Waals surface area contributed by atoms with Crippen LogP contribution in [0.25, 0.3) is 0 Å². The summed E-state index contributed by atoms with van der Waals surface area (Å²) in [5, 5.41) is 6.78. The lowest BCUT2D eigenvalue weighted by Gasteiger charge is -2.01. The number of hydrogen-bond donors (Lipinski definition) is 1. The van der Waals surface area contributed by atoms with E-state index in [9.17, 15) is 4.79 Å². The molecule has 0 saturated carbocycles. The van der Waals surface area contributed by atoms with Crippen LogP contribution in [0.2, 0.25) is 5.02 Å². The van der Waals surface area contributed by atoms with Gasteiger partial charge < -0.3 is 4.52 Å². The Hall–Kier alpha value is -1.88. The fraction of sp³-hybridized carbons (Fsp3) is 0.182. The number of hydrogen-bond acceptors (Lipinski definition) is 4. The van der Waals surface area contributed by atoms with Crippen molar-refractivity contribution in [3.8, 4) is 0 Å². The average molecular weight is 252 g/mol. The van der Waals surface area contributed by atoms with Gasteiger partial charge in [-0.3, -0.25) is 15.1 Å². The zero-order valence-corrected chi connectivity index (χ0v) is 10.1. The Morgan fingerprint density at radius 3 is 2.82 bits per heavy atom. The first-order valence-electron chi connectivity index (χ1n) is 4.93. The van der Waals surface area contributed by atoms with E-state index in [-0.39, 0.29) is 11.6 Å². The summed E-state index contributed by atoms with van der Waals surface area (Å²) in [5.41, 5.74) is 1.76. The maximum Gasteiger partial charge on any atom is 0.276 e. The normalized spacial score (nSPS) is 10.3. The van der Waals surface area contributed by atoms with Gasteiger partial charge in [0.05, 0.1) is 5.69 Å². The lowest BCUT2D eigenvalue weighted by molar-refractivity contribution is 0.101. The highest BCUT2D eigenvalue weighted by atomic mass is 35.5. The number of nitrogens with zero attached hydrogens (tertiary/aromatic N) is 2. The Labute approximate surface area is 103 Å². The van der Waals surface area contributed by atoms with E-state index in [0.717, 1.165) is 11.3 Å². The van der Waals surface area contributed by atoms with E-state index >= 15 is 0 Å². The predicted molar refractivity (Wildman–Crippen MR) is 63.2 cm³/mol. The molecule has 2 aromatic heterocycles. The molecule has 0 unspecified atom stereocenters. The fourth-order valence-electron chi connectivity index (χ4n) is 1.23. The molecule has 17 heavy (non-hydrogen) atoms. The van der Waals surface area contributed by atoms with E-state index in [1.807, 2.05) is 6.92 Å². The van der Waals surface area contributed by atoms with Gasteiger partial charge in [0.1, 0.15) is 5.69 Å². The zero-order chi connectivity index (χ0) is 12.4. The van der Waals surface area contributed by atoms with Crippen LogP contribution in [0.4, 0.5) is 5.88 Å². The van der Waals surface area contributed by atoms with Crippen LogP contribution in [0.5, 0.6) is 0 Å². The van der Waals surface area contributed by atoms with Crippen LogP contribution in [-0.4, -0.2) is 16.0 Å². The molecular formula is C11H10ClN3O2. The lowest BCUT2D eigenvalue weighted by Crippen LogP contribution is -2.13. The van der Waals surface area contributed by atoms with Crippen LogP contribution in [0.1, 0.15) is 21.7 Å². The molecule has 6 heteroatoms. The summed E-state index contributed by atoms with van der Waals surface area (Å²) in [6, 6.07) is 3.08. The number of anilines is 1.